The van der Waals surface area contributed by atoms with Gasteiger partial charge in [0, 0.05) is 19.3 Å². The van der Waals surface area contributed by atoms with E-state index in [1.807, 2.05) is 13.0 Å². The van der Waals surface area contributed by atoms with E-state index in [1.165, 1.54) is 19.3 Å². The summed E-state index contributed by atoms with van der Waals surface area (Å²) in [6.45, 7) is 10.1. The van der Waals surface area contributed by atoms with E-state index in [0.717, 1.165) is 13.0 Å². The van der Waals surface area contributed by atoms with Crippen molar-refractivity contribution >= 4 is 11.7 Å². The third-order valence-corrected chi connectivity index (χ3v) is 3.58. The molecule has 0 saturated carbocycles. The summed E-state index contributed by atoms with van der Waals surface area (Å²) in [7, 11) is 0. The molecule has 4 nitrogen and oxygen atoms in total. The molecular formula is C17H29N3O. The second-order valence-electron chi connectivity index (χ2n) is 6.23. The third-order valence-electron chi connectivity index (χ3n) is 3.58. The lowest BCUT2D eigenvalue weighted by atomic mass is 9.87. The molecular weight excluding hydrogens is 262 g/mol. The Labute approximate surface area is 128 Å². The summed E-state index contributed by atoms with van der Waals surface area (Å²) in [5.41, 5.74) is 0.745. The fourth-order valence-corrected chi connectivity index (χ4v) is 2.25. The Morgan fingerprint density at radius 2 is 2.05 bits per heavy atom. The number of pyridine rings is 1. The van der Waals surface area contributed by atoms with Crippen LogP contribution in [0.25, 0.3) is 0 Å². The van der Waals surface area contributed by atoms with Crippen molar-refractivity contribution in [2.75, 3.05) is 18.4 Å². The number of hydrogen-bond acceptors (Lipinski definition) is 3. The second-order valence-corrected chi connectivity index (χ2v) is 6.23. The van der Waals surface area contributed by atoms with E-state index in [-0.39, 0.29) is 11.3 Å². The molecule has 0 spiro atoms. The lowest BCUT2D eigenvalue weighted by Crippen LogP contribution is -2.34. The van der Waals surface area contributed by atoms with Crippen LogP contribution in [0.4, 0.5) is 5.82 Å². The number of hydrogen-bond donors (Lipinski definition) is 2. The predicted octanol–water partition coefficient (Wildman–Crippen LogP) is 3.85. The minimum absolute atomic E-state index is 0.0531. The zero-order valence-corrected chi connectivity index (χ0v) is 13.8. The number of nitrogens with zero attached hydrogens (tertiary/aromatic N) is 1. The van der Waals surface area contributed by atoms with Crippen molar-refractivity contribution in [3.8, 4) is 0 Å². The van der Waals surface area contributed by atoms with Gasteiger partial charge in [-0.2, -0.15) is 0 Å². The van der Waals surface area contributed by atoms with Gasteiger partial charge in [-0.25, -0.2) is 4.98 Å². The van der Waals surface area contributed by atoms with Gasteiger partial charge >= 0.3 is 0 Å². The Morgan fingerprint density at radius 1 is 1.29 bits per heavy atom. The van der Waals surface area contributed by atoms with Crippen molar-refractivity contribution in [2.45, 2.75) is 53.4 Å². The first-order chi connectivity index (χ1) is 10.00. The van der Waals surface area contributed by atoms with Gasteiger partial charge in [0.25, 0.3) is 5.91 Å². The maximum atomic E-state index is 12.3. The number of carbonyl (C=O) groups excluding carboxylic acids is 1. The molecule has 1 aromatic heterocycles. The molecule has 0 aliphatic heterocycles. The zero-order valence-electron chi connectivity index (χ0n) is 13.8. The highest BCUT2D eigenvalue weighted by molar-refractivity contribution is 5.98. The summed E-state index contributed by atoms with van der Waals surface area (Å²) in [6, 6.07) is 3.60. The molecule has 21 heavy (non-hydrogen) atoms. The van der Waals surface area contributed by atoms with E-state index in [1.54, 1.807) is 12.3 Å². The Balaban J connectivity index is 2.57. The molecule has 0 saturated heterocycles. The molecule has 0 fully saturated rings. The second kappa shape index (κ2) is 8.65. The smallest absolute Gasteiger partial charge is 0.255 e. The highest BCUT2D eigenvalue weighted by atomic mass is 16.1. The molecule has 0 unspecified atom stereocenters. The minimum atomic E-state index is -0.0531. The van der Waals surface area contributed by atoms with Crippen molar-refractivity contribution in [3.63, 3.8) is 0 Å². The highest BCUT2D eigenvalue weighted by Crippen LogP contribution is 2.23. The average molecular weight is 291 g/mol. The summed E-state index contributed by atoms with van der Waals surface area (Å²) in [5, 5.41) is 6.17. The summed E-state index contributed by atoms with van der Waals surface area (Å²) in [4.78, 5) is 16.5. The fourth-order valence-electron chi connectivity index (χ4n) is 2.25. The first-order valence-electron chi connectivity index (χ1n) is 7.97. The zero-order chi connectivity index (χ0) is 15.7. The van der Waals surface area contributed by atoms with Gasteiger partial charge in [-0.15, -0.1) is 0 Å². The van der Waals surface area contributed by atoms with Gasteiger partial charge < -0.3 is 10.6 Å². The Morgan fingerprint density at radius 3 is 2.71 bits per heavy atom. The van der Waals surface area contributed by atoms with Crippen LogP contribution in [0.3, 0.4) is 0 Å². The molecule has 0 aromatic carbocycles. The molecule has 0 bridgehead atoms. The highest BCUT2D eigenvalue weighted by Gasteiger charge is 2.20. The molecule has 0 aliphatic carbocycles. The lowest BCUT2D eigenvalue weighted by Gasteiger charge is -2.25. The number of amides is 1. The lowest BCUT2D eigenvalue weighted by molar-refractivity contribution is 0.0934. The van der Waals surface area contributed by atoms with Crippen molar-refractivity contribution in [3.05, 3.63) is 23.9 Å². The summed E-state index contributed by atoms with van der Waals surface area (Å²) < 4.78 is 0. The van der Waals surface area contributed by atoms with Crippen molar-refractivity contribution in [1.82, 2.24) is 10.3 Å². The van der Waals surface area contributed by atoms with E-state index in [9.17, 15) is 4.79 Å². The Hall–Kier alpha value is -1.58. The summed E-state index contributed by atoms with van der Waals surface area (Å²) in [6.07, 6.45) is 6.53. The van der Waals surface area contributed by atoms with Gasteiger partial charge in [-0.05, 0) is 30.9 Å². The number of aromatic nitrogens is 1. The van der Waals surface area contributed by atoms with Crippen LogP contribution in [0, 0.1) is 5.41 Å². The SMILES string of the molecule is CCCCCC(C)(C)CNC(=O)c1cccnc1NCC. The quantitative estimate of drug-likeness (QED) is 0.679. The molecule has 2 N–H and O–H groups in total. The van der Waals surface area contributed by atoms with Crippen LogP contribution in [-0.4, -0.2) is 24.0 Å². The summed E-state index contributed by atoms with van der Waals surface area (Å²) in [5.74, 6) is 0.601. The number of nitrogens with one attached hydrogen (secondary N) is 2. The van der Waals surface area contributed by atoms with E-state index >= 15 is 0 Å². The molecule has 1 amide bonds. The van der Waals surface area contributed by atoms with Gasteiger partial charge in [0.05, 0.1) is 5.56 Å². The van der Waals surface area contributed by atoms with Crippen LogP contribution >= 0.6 is 0 Å². The van der Waals surface area contributed by atoms with Crippen molar-refractivity contribution in [2.24, 2.45) is 5.41 Å². The first-order valence-corrected chi connectivity index (χ1v) is 7.97. The fraction of sp³-hybridized carbons (Fsp3) is 0.647. The van der Waals surface area contributed by atoms with Gasteiger partial charge in [-0.3, -0.25) is 4.79 Å². The number of unbranched alkanes of at least 4 members (excludes halogenated alkanes) is 2. The number of rotatable bonds is 9. The van der Waals surface area contributed by atoms with E-state index < -0.39 is 0 Å². The van der Waals surface area contributed by atoms with Crippen molar-refractivity contribution in [1.29, 1.82) is 0 Å². The number of carbonyl (C=O) groups is 1. The normalized spacial score (nSPS) is 11.2. The van der Waals surface area contributed by atoms with Crippen LogP contribution in [0.15, 0.2) is 18.3 Å². The number of anilines is 1. The molecule has 0 radical (unpaired) electrons. The molecule has 1 aromatic rings. The van der Waals surface area contributed by atoms with Crippen molar-refractivity contribution < 1.29 is 4.79 Å². The average Bonchev–Trinajstić information content (AvgIpc) is 2.46. The maximum absolute atomic E-state index is 12.3. The van der Waals surface area contributed by atoms with E-state index in [2.05, 4.69) is 36.4 Å². The molecule has 0 aliphatic rings. The monoisotopic (exact) mass is 291 g/mol. The first kappa shape index (κ1) is 17.5. The van der Waals surface area contributed by atoms with Crippen LogP contribution in [0.1, 0.15) is 63.7 Å². The topological polar surface area (TPSA) is 54.0 Å². The van der Waals surface area contributed by atoms with Gasteiger partial charge in [0.2, 0.25) is 0 Å². The Kier molecular flexibility index (Phi) is 7.20. The molecule has 1 heterocycles. The van der Waals surface area contributed by atoms with Crippen LogP contribution in [0.5, 0.6) is 0 Å². The van der Waals surface area contributed by atoms with Gasteiger partial charge in [-0.1, -0.05) is 40.0 Å². The largest absolute Gasteiger partial charge is 0.370 e. The van der Waals surface area contributed by atoms with Gasteiger partial charge in [0.15, 0.2) is 0 Å². The molecule has 4 heteroatoms. The predicted molar refractivity (Wildman–Crippen MR) is 88.7 cm³/mol. The Bertz CT molecular complexity index is 443. The summed E-state index contributed by atoms with van der Waals surface area (Å²) >= 11 is 0. The van der Waals surface area contributed by atoms with Crippen LogP contribution in [0.2, 0.25) is 0 Å². The molecule has 1 rings (SSSR count). The van der Waals surface area contributed by atoms with E-state index in [0.29, 0.717) is 17.9 Å². The minimum Gasteiger partial charge on any atom is -0.370 e. The third kappa shape index (κ3) is 6.15. The van der Waals surface area contributed by atoms with E-state index in [4.69, 9.17) is 0 Å². The van der Waals surface area contributed by atoms with Gasteiger partial charge in [0.1, 0.15) is 5.82 Å². The molecule has 0 atom stereocenters. The maximum Gasteiger partial charge on any atom is 0.255 e. The van der Waals surface area contributed by atoms with Crippen LogP contribution in [-0.2, 0) is 0 Å². The molecule has 118 valence electrons. The van der Waals surface area contributed by atoms with Crippen LogP contribution < -0.4 is 10.6 Å². The standard InChI is InChI=1S/C17H29N3O/c1-5-7-8-11-17(3,4)13-20-16(21)14-10-9-12-19-15(14)18-6-2/h9-10,12H,5-8,11,13H2,1-4H3,(H,18,19)(H,20,21).